The first-order valence-electron chi connectivity index (χ1n) is 9.89. The van der Waals surface area contributed by atoms with Gasteiger partial charge in [0.25, 0.3) is 0 Å². The highest BCUT2D eigenvalue weighted by Crippen LogP contribution is 2.29. The van der Waals surface area contributed by atoms with Crippen LogP contribution in [0.25, 0.3) is 22.4 Å². The predicted octanol–water partition coefficient (Wildman–Crippen LogP) is 6.69. The van der Waals surface area contributed by atoms with Crippen LogP contribution >= 0.6 is 33.9 Å². The Bertz CT molecular complexity index is 1460. The summed E-state index contributed by atoms with van der Waals surface area (Å²) < 4.78 is 14.5. The molecule has 0 bridgehead atoms. The molecular formula is C25H18IN3O2S. The lowest BCUT2D eigenvalue weighted by Gasteiger charge is -2.04. The van der Waals surface area contributed by atoms with Crippen LogP contribution in [0.4, 0.5) is 5.69 Å². The lowest BCUT2D eigenvalue weighted by molar-refractivity contribution is 0.416. The van der Waals surface area contributed by atoms with Crippen molar-refractivity contribution in [3.63, 3.8) is 0 Å². The van der Waals surface area contributed by atoms with Gasteiger partial charge in [0.1, 0.15) is 22.7 Å². The van der Waals surface area contributed by atoms with Crippen molar-refractivity contribution in [1.29, 1.82) is 0 Å². The molecule has 0 saturated heterocycles. The second-order valence-electron chi connectivity index (χ2n) is 6.91. The fourth-order valence-electron chi connectivity index (χ4n) is 3.29. The Morgan fingerprint density at radius 2 is 1.78 bits per heavy atom. The van der Waals surface area contributed by atoms with Crippen LogP contribution in [0.3, 0.4) is 0 Å². The summed E-state index contributed by atoms with van der Waals surface area (Å²) >= 11 is 3.81. The zero-order valence-corrected chi connectivity index (χ0v) is 20.1. The molecule has 0 fully saturated rings. The fourth-order valence-corrected chi connectivity index (χ4v) is 4.65. The Kier molecular flexibility index (Phi) is 5.91. The maximum Gasteiger partial charge on any atom is 0.211 e. The van der Waals surface area contributed by atoms with Crippen LogP contribution in [0.2, 0.25) is 0 Å². The summed E-state index contributed by atoms with van der Waals surface area (Å²) in [5.41, 5.74) is 3.45. The number of methoxy groups -OCH3 is 1. The minimum absolute atomic E-state index is 0.708. The average Bonchev–Trinajstić information content (AvgIpc) is 3.42. The largest absolute Gasteiger partial charge is 0.494 e. The van der Waals surface area contributed by atoms with Crippen molar-refractivity contribution in [2.75, 3.05) is 7.11 Å². The van der Waals surface area contributed by atoms with E-state index in [0.29, 0.717) is 10.6 Å². The number of furan rings is 1. The molecule has 0 amide bonds. The molecule has 0 aliphatic rings. The molecule has 0 aliphatic heterocycles. The van der Waals surface area contributed by atoms with E-state index in [2.05, 4.69) is 28.7 Å². The van der Waals surface area contributed by atoms with Crippen LogP contribution in [-0.2, 0) is 0 Å². The number of rotatable bonds is 5. The smallest absolute Gasteiger partial charge is 0.211 e. The van der Waals surface area contributed by atoms with Crippen LogP contribution in [0, 0.1) is 3.57 Å². The van der Waals surface area contributed by atoms with E-state index >= 15 is 0 Å². The van der Waals surface area contributed by atoms with Crippen molar-refractivity contribution in [2.45, 2.75) is 0 Å². The van der Waals surface area contributed by atoms with Crippen molar-refractivity contribution in [3.8, 4) is 17.2 Å². The summed E-state index contributed by atoms with van der Waals surface area (Å²) in [6, 6.07) is 25.8. The van der Waals surface area contributed by atoms with Crippen LogP contribution in [-0.4, -0.2) is 18.0 Å². The molecule has 5 nitrogen and oxygen atoms in total. The van der Waals surface area contributed by atoms with Gasteiger partial charge in [-0.15, -0.1) is 11.3 Å². The van der Waals surface area contributed by atoms with E-state index < -0.39 is 0 Å². The third kappa shape index (κ3) is 4.13. The topological polar surface area (TPSA) is 52.0 Å². The number of halogens is 1. The minimum Gasteiger partial charge on any atom is -0.494 e. The van der Waals surface area contributed by atoms with Crippen molar-refractivity contribution >= 4 is 56.8 Å². The number of nitrogens with zero attached hydrogens (tertiary/aromatic N) is 3. The lowest BCUT2D eigenvalue weighted by Crippen LogP contribution is -2.11. The van der Waals surface area contributed by atoms with Crippen LogP contribution in [0.1, 0.15) is 5.56 Å². The third-order valence-electron chi connectivity index (χ3n) is 4.88. The van der Waals surface area contributed by atoms with Crippen molar-refractivity contribution < 1.29 is 9.15 Å². The Morgan fingerprint density at radius 1 is 1.00 bits per heavy atom. The molecule has 5 rings (SSSR count). The van der Waals surface area contributed by atoms with Gasteiger partial charge in [0.05, 0.1) is 13.3 Å². The number of thiazole rings is 1. The summed E-state index contributed by atoms with van der Waals surface area (Å²) in [4.78, 5) is 5.56. The van der Waals surface area contributed by atoms with E-state index in [-0.39, 0.29) is 0 Å². The van der Waals surface area contributed by atoms with E-state index in [1.54, 1.807) is 7.11 Å². The second-order valence-corrected chi connectivity index (χ2v) is 8.91. The molecule has 2 heterocycles. The maximum atomic E-state index is 6.12. The van der Waals surface area contributed by atoms with Gasteiger partial charge in [-0.2, -0.15) is 5.10 Å². The first-order valence-corrected chi connectivity index (χ1v) is 11.8. The maximum absolute atomic E-state index is 6.12. The van der Waals surface area contributed by atoms with Gasteiger partial charge < -0.3 is 9.15 Å². The Hall–Kier alpha value is -3.17. The highest BCUT2D eigenvalue weighted by molar-refractivity contribution is 14.1. The Labute approximate surface area is 202 Å². The number of hydrogen-bond donors (Lipinski definition) is 0. The van der Waals surface area contributed by atoms with E-state index in [1.165, 1.54) is 11.3 Å². The van der Waals surface area contributed by atoms with Crippen LogP contribution in [0.5, 0.6) is 5.75 Å². The molecule has 0 aliphatic carbocycles. The first-order chi connectivity index (χ1) is 15.7. The predicted molar refractivity (Wildman–Crippen MR) is 138 cm³/mol. The Balaban J connectivity index is 1.69. The van der Waals surface area contributed by atoms with Crippen molar-refractivity contribution in [1.82, 2.24) is 4.68 Å². The minimum atomic E-state index is 0.708. The lowest BCUT2D eigenvalue weighted by atomic mass is 10.2. The summed E-state index contributed by atoms with van der Waals surface area (Å²) in [7, 11) is 1.64. The summed E-state index contributed by atoms with van der Waals surface area (Å²) in [5, 5.41) is 7.86. The van der Waals surface area contributed by atoms with Crippen LogP contribution < -0.4 is 9.54 Å². The van der Waals surface area contributed by atoms with E-state index in [1.807, 2.05) is 89.1 Å². The summed E-state index contributed by atoms with van der Waals surface area (Å²) in [5.74, 6) is 1.45. The van der Waals surface area contributed by atoms with Crippen LogP contribution in [0.15, 0.2) is 98.8 Å². The van der Waals surface area contributed by atoms with Gasteiger partial charge in [0.15, 0.2) is 5.76 Å². The number of benzene rings is 3. The molecular weight excluding hydrogens is 533 g/mol. The van der Waals surface area contributed by atoms with Gasteiger partial charge in [-0.1, -0.05) is 48.5 Å². The fraction of sp³-hybridized carbons (Fsp3) is 0.0400. The monoisotopic (exact) mass is 551 g/mol. The van der Waals surface area contributed by atoms with Gasteiger partial charge in [-0.05, 0) is 52.9 Å². The van der Waals surface area contributed by atoms with Gasteiger partial charge in [0.2, 0.25) is 4.80 Å². The highest BCUT2D eigenvalue weighted by atomic mass is 127. The Morgan fingerprint density at radius 3 is 2.62 bits per heavy atom. The quantitative estimate of drug-likeness (QED) is 0.181. The number of para-hydroxylation sites is 3. The third-order valence-corrected chi connectivity index (χ3v) is 6.68. The van der Waals surface area contributed by atoms with Gasteiger partial charge in [-0.3, -0.25) is 0 Å². The highest BCUT2D eigenvalue weighted by Gasteiger charge is 2.13. The van der Waals surface area contributed by atoms with Crippen molar-refractivity contribution in [3.05, 3.63) is 98.2 Å². The number of fused-ring (bicyclic) bond motifs is 1. The molecule has 2 aromatic heterocycles. The zero-order chi connectivity index (χ0) is 21.9. The molecule has 0 unspecified atom stereocenters. The van der Waals surface area contributed by atoms with Gasteiger partial charge in [-0.25, -0.2) is 9.67 Å². The molecule has 0 radical (unpaired) electrons. The van der Waals surface area contributed by atoms with Gasteiger partial charge >= 0.3 is 0 Å². The first kappa shape index (κ1) is 20.7. The van der Waals surface area contributed by atoms with E-state index in [0.717, 1.165) is 37.2 Å². The molecule has 0 saturated carbocycles. The van der Waals surface area contributed by atoms with E-state index in [9.17, 15) is 0 Å². The van der Waals surface area contributed by atoms with Crippen molar-refractivity contribution in [2.24, 2.45) is 10.1 Å². The normalized spacial score (nSPS) is 12.1. The molecule has 5 aromatic rings. The SMILES string of the molecule is COc1ccccc1N=c1scc(-c2cc3ccccc3o2)n1N=Cc1ccccc1I. The average molecular weight is 551 g/mol. The molecule has 158 valence electrons. The number of hydrogen-bond acceptors (Lipinski definition) is 5. The molecule has 7 heteroatoms. The van der Waals surface area contributed by atoms with E-state index in [4.69, 9.17) is 19.2 Å². The molecule has 0 spiro atoms. The summed E-state index contributed by atoms with van der Waals surface area (Å²) in [6.07, 6.45) is 1.85. The molecule has 3 aromatic carbocycles. The number of aromatic nitrogens is 1. The second kappa shape index (κ2) is 9.13. The molecule has 32 heavy (non-hydrogen) atoms. The zero-order valence-electron chi connectivity index (χ0n) is 17.1. The molecule has 0 N–H and O–H groups in total. The molecule has 0 atom stereocenters. The standard InChI is InChI=1S/C25H18IN3O2S/c1-30-23-13-7-5-11-20(23)28-25-29(27-15-18-9-2-4-10-19(18)26)21(16-32-25)24-14-17-8-3-6-12-22(17)31-24/h2-16H,1H3. The number of ether oxygens (including phenoxy) is 1. The van der Waals surface area contributed by atoms with Gasteiger partial charge in [0, 0.05) is 19.9 Å². The summed E-state index contributed by atoms with van der Waals surface area (Å²) in [6.45, 7) is 0.